The summed E-state index contributed by atoms with van der Waals surface area (Å²) in [5.41, 5.74) is 5.07. The molecule has 0 unspecified atom stereocenters. The summed E-state index contributed by atoms with van der Waals surface area (Å²) in [7, 11) is 2.21. The molecule has 1 N–H and O–H groups in total. The molecule has 0 aliphatic heterocycles. The zero-order valence-corrected chi connectivity index (χ0v) is 26.6. The average Bonchev–Trinajstić information content (AvgIpc) is 3.37. The molecule has 5 rings (SSSR count). The van der Waals surface area contributed by atoms with Crippen LogP contribution in [-0.2, 0) is 6.42 Å². The number of benzene rings is 2. The largest absolute Gasteiger partial charge is 0.329 e. The first-order valence-electron chi connectivity index (χ1n) is 15.8. The van der Waals surface area contributed by atoms with Crippen LogP contribution in [0.1, 0.15) is 90.2 Å². The molecule has 0 radical (unpaired) electrons. The van der Waals surface area contributed by atoms with Crippen LogP contribution in [0.4, 0.5) is 16.0 Å². The second-order valence-electron chi connectivity index (χ2n) is 11.5. The topological polar surface area (TPSA) is 46.0 Å². The molecule has 1 saturated carbocycles. The van der Waals surface area contributed by atoms with Gasteiger partial charge in [-0.1, -0.05) is 88.7 Å². The highest BCUT2D eigenvalue weighted by molar-refractivity contribution is 6.30. The molecule has 2 aromatic carbocycles. The molecule has 2 aromatic heterocycles. The number of halogens is 2. The summed E-state index contributed by atoms with van der Waals surface area (Å²) >= 11 is 6.01. The lowest BCUT2D eigenvalue weighted by Gasteiger charge is -2.23. The van der Waals surface area contributed by atoms with E-state index in [0.29, 0.717) is 22.7 Å². The molecule has 0 spiro atoms. The number of nitrogens with zero attached hydrogens (tertiary/aromatic N) is 4. The van der Waals surface area contributed by atoms with Crippen molar-refractivity contribution in [1.29, 1.82) is 0 Å². The van der Waals surface area contributed by atoms with Gasteiger partial charge in [-0.3, -0.25) is 0 Å². The molecule has 0 atom stereocenters. The first-order chi connectivity index (χ1) is 20.4. The van der Waals surface area contributed by atoms with Gasteiger partial charge in [0.05, 0.1) is 0 Å². The van der Waals surface area contributed by atoms with Gasteiger partial charge in [0, 0.05) is 40.1 Å². The van der Waals surface area contributed by atoms with E-state index in [-0.39, 0.29) is 0 Å². The Balaban J connectivity index is 0.000000349. The standard InChI is InChI=1S/C26H26ClFN4.C9H21N/c1-2-17-8-10-18(11-9-17)24-16-32(22-6-4-3-5-7-22)25-23(24)15-29-26(31-25)30-21-13-19(27)12-20(28)14-21;1-4-6-7-9-10(3)8-5-2/h8-16,22H,2-7H2,1H3,(H,29,30,31);4-9H2,1-3H3. The van der Waals surface area contributed by atoms with E-state index in [1.165, 1.54) is 81.3 Å². The lowest BCUT2D eigenvalue weighted by molar-refractivity contribution is 0.326. The van der Waals surface area contributed by atoms with E-state index in [1.807, 2.05) is 6.20 Å². The summed E-state index contributed by atoms with van der Waals surface area (Å²) < 4.78 is 16.1. The summed E-state index contributed by atoms with van der Waals surface area (Å²) in [6.45, 7) is 9.18. The maximum Gasteiger partial charge on any atom is 0.229 e. The fourth-order valence-electron chi connectivity index (χ4n) is 5.76. The van der Waals surface area contributed by atoms with Crippen molar-refractivity contribution in [1.82, 2.24) is 19.4 Å². The van der Waals surface area contributed by atoms with Gasteiger partial charge in [0.25, 0.3) is 0 Å². The fourth-order valence-corrected chi connectivity index (χ4v) is 5.98. The third-order valence-corrected chi connectivity index (χ3v) is 8.30. The summed E-state index contributed by atoms with van der Waals surface area (Å²) in [6, 6.07) is 13.5. The summed E-state index contributed by atoms with van der Waals surface area (Å²) in [6.07, 6.45) is 16.6. The number of aryl methyl sites for hydroxylation is 1. The Labute approximate surface area is 256 Å². The maximum atomic E-state index is 13.8. The smallest absolute Gasteiger partial charge is 0.229 e. The minimum Gasteiger partial charge on any atom is -0.329 e. The van der Waals surface area contributed by atoms with Crippen LogP contribution >= 0.6 is 11.6 Å². The van der Waals surface area contributed by atoms with Gasteiger partial charge in [0.2, 0.25) is 5.95 Å². The van der Waals surface area contributed by atoms with Crippen molar-refractivity contribution in [2.75, 3.05) is 25.5 Å². The molecule has 1 aliphatic rings. The Morgan fingerprint density at radius 3 is 2.40 bits per heavy atom. The van der Waals surface area contributed by atoms with Crippen LogP contribution in [0.25, 0.3) is 22.2 Å². The number of hydrogen-bond acceptors (Lipinski definition) is 4. The van der Waals surface area contributed by atoms with Crippen molar-refractivity contribution in [2.45, 2.75) is 91.0 Å². The van der Waals surface area contributed by atoms with Crippen molar-refractivity contribution in [2.24, 2.45) is 0 Å². The Bertz CT molecular complexity index is 1370. The van der Waals surface area contributed by atoms with Crippen LogP contribution in [0, 0.1) is 5.82 Å². The minimum absolute atomic E-state index is 0.331. The van der Waals surface area contributed by atoms with Crippen molar-refractivity contribution < 1.29 is 4.39 Å². The second-order valence-corrected chi connectivity index (χ2v) is 12.0. The number of hydrogen-bond donors (Lipinski definition) is 1. The molecule has 0 bridgehead atoms. The normalized spacial score (nSPS) is 13.8. The Morgan fingerprint density at radius 2 is 1.74 bits per heavy atom. The Kier molecular flexibility index (Phi) is 12.2. The quantitative estimate of drug-likeness (QED) is 0.176. The number of fused-ring (bicyclic) bond motifs is 1. The number of anilines is 2. The monoisotopic (exact) mass is 591 g/mol. The third-order valence-electron chi connectivity index (χ3n) is 8.08. The van der Waals surface area contributed by atoms with Gasteiger partial charge in [-0.25, -0.2) is 9.37 Å². The van der Waals surface area contributed by atoms with Gasteiger partial charge >= 0.3 is 0 Å². The molecular formula is C35H47ClFN5. The molecule has 0 amide bonds. The molecule has 1 fully saturated rings. The average molecular weight is 592 g/mol. The van der Waals surface area contributed by atoms with E-state index >= 15 is 0 Å². The highest BCUT2D eigenvalue weighted by atomic mass is 35.5. The first kappa shape index (κ1) is 32.0. The molecule has 7 heteroatoms. The number of unbranched alkanes of at least 4 members (excludes halogenated alkanes) is 2. The van der Waals surface area contributed by atoms with Crippen molar-refractivity contribution >= 4 is 34.3 Å². The minimum atomic E-state index is -0.399. The number of aromatic nitrogens is 3. The summed E-state index contributed by atoms with van der Waals surface area (Å²) in [5.74, 6) is 0.0340. The van der Waals surface area contributed by atoms with E-state index in [9.17, 15) is 4.39 Å². The predicted molar refractivity (Wildman–Crippen MR) is 176 cm³/mol. The van der Waals surface area contributed by atoms with Gasteiger partial charge in [-0.2, -0.15) is 4.98 Å². The van der Waals surface area contributed by atoms with Crippen LogP contribution in [0.5, 0.6) is 0 Å². The van der Waals surface area contributed by atoms with Gasteiger partial charge in [0.15, 0.2) is 0 Å². The lowest BCUT2D eigenvalue weighted by Crippen LogP contribution is -2.20. The molecule has 0 saturated heterocycles. The van der Waals surface area contributed by atoms with Crippen LogP contribution in [0.15, 0.2) is 54.9 Å². The molecule has 4 aromatic rings. The highest BCUT2D eigenvalue weighted by Crippen LogP contribution is 2.37. The third kappa shape index (κ3) is 8.78. The van der Waals surface area contributed by atoms with E-state index in [2.05, 4.69) is 78.0 Å². The number of rotatable bonds is 11. The predicted octanol–water partition coefficient (Wildman–Crippen LogP) is 10.2. The Morgan fingerprint density at radius 1 is 0.976 bits per heavy atom. The Hall–Kier alpha value is -2.96. The molecule has 42 heavy (non-hydrogen) atoms. The zero-order chi connectivity index (χ0) is 29.9. The molecule has 2 heterocycles. The molecule has 226 valence electrons. The van der Waals surface area contributed by atoms with Crippen LogP contribution in [0.2, 0.25) is 5.02 Å². The first-order valence-corrected chi connectivity index (χ1v) is 16.2. The van der Waals surface area contributed by atoms with Crippen LogP contribution < -0.4 is 5.32 Å². The van der Waals surface area contributed by atoms with Crippen molar-refractivity contribution in [3.63, 3.8) is 0 Å². The van der Waals surface area contributed by atoms with E-state index in [0.717, 1.165) is 35.9 Å². The molecule has 1 aliphatic carbocycles. The van der Waals surface area contributed by atoms with E-state index < -0.39 is 5.82 Å². The fraction of sp³-hybridized carbons (Fsp3) is 0.486. The van der Waals surface area contributed by atoms with Crippen molar-refractivity contribution in [3.8, 4) is 11.1 Å². The maximum absolute atomic E-state index is 13.8. The number of nitrogens with one attached hydrogen (secondary N) is 1. The lowest BCUT2D eigenvalue weighted by atomic mass is 9.95. The molecule has 5 nitrogen and oxygen atoms in total. The molecular weight excluding hydrogens is 545 g/mol. The van der Waals surface area contributed by atoms with Crippen molar-refractivity contribution in [3.05, 3.63) is 71.3 Å². The van der Waals surface area contributed by atoms with Gasteiger partial charge in [-0.15, -0.1) is 0 Å². The van der Waals surface area contributed by atoms with Gasteiger partial charge < -0.3 is 14.8 Å². The van der Waals surface area contributed by atoms with E-state index in [4.69, 9.17) is 16.6 Å². The van der Waals surface area contributed by atoms with Crippen LogP contribution in [0.3, 0.4) is 0 Å². The SMILES string of the molecule is CCCCCN(C)CCC.CCc1ccc(-c2cn(C3CCCCC3)c3nc(Nc4cc(F)cc(Cl)c4)ncc23)cc1. The second kappa shape index (κ2) is 16.0. The highest BCUT2D eigenvalue weighted by Gasteiger charge is 2.21. The zero-order valence-electron chi connectivity index (χ0n) is 25.8. The van der Waals surface area contributed by atoms with Gasteiger partial charge in [-0.05, 0) is 81.6 Å². The summed E-state index contributed by atoms with van der Waals surface area (Å²) in [5, 5.41) is 4.47. The summed E-state index contributed by atoms with van der Waals surface area (Å²) in [4.78, 5) is 11.8. The van der Waals surface area contributed by atoms with E-state index in [1.54, 1.807) is 6.07 Å². The van der Waals surface area contributed by atoms with Crippen LogP contribution in [-0.4, -0.2) is 39.6 Å². The van der Waals surface area contributed by atoms with Gasteiger partial charge in [0.1, 0.15) is 11.5 Å².